The highest BCUT2D eigenvalue weighted by molar-refractivity contribution is 5.87. The molecule has 0 bridgehead atoms. The second kappa shape index (κ2) is 3.81. The van der Waals surface area contributed by atoms with Gasteiger partial charge in [0.25, 0.3) is 0 Å². The molecule has 0 saturated heterocycles. The van der Waals surface area contributed by atoms with E-state index in [4.69, 9.17) is 4.98 Å². The lowest BCUT2D eigenvalue weighted by Gasteiger charge is -2.12. The Kier molecular flexibility index (Phi) is 2.40. The highest BCUT2D eigenvalue weighted by Gasteiger charge is 2.19. The predicted molar refractivity (Wildman–Crippen MR) is 69.2 cm³/mol. The highest BCUT2D eigenvalue weighted by Crippen LogP contribution is 2.31. The molecule has 1 aliphatic carbocycles. The van der Waals surface area contributed by atoms with E-state index in [9.17, 15) is 5.11 Å². The van der Waals surface area contributed by atoms with E-state index in [0.29, 0.717) is 0 Å². The number of aromatic nitrogens is 1. The number of benzene rings is 1. The van der Waals surface area contributed by atoms with Crippen LogP contribution in [-0.2, 0) is 19.4 Å². The van der Waals surface area contributed by atoms with Gasteiger partial charge in [0.05, 0.1) is 12.1 Å². The average molecular weight is 227 g/mol. The molecule has 1 heterocycles. The van der Waals surface area contributed by atoms with Crippen LogP contribution >= 0.6 is 0 Å². The first-order valence-electron chi connectivity index (χ1n) is 6.23. The van der Waals surface area contributed by atoms with E-state index in [2.05, 4.69) is 26.0 Å². The highest BCUT2D eigenvalue weighted by atomic mass is 16.3. The summed E-state index contributed by atoms with van der Waals surface area (Å²) in [6.07, 6.45) is 3.30. The van der Waals surface area contributed by atoms with Crippen LogP contribution in [-0.4, -0.2) is 10.1 Å². The van der Waals surface area contributed by atoms with Gasteiger partial charge in [0.15, 0.2) is 0 Å². The van der Waals surface area contributed by atoms with Gasteiger partial charge in [-0.25, -0.2) is 0 Å². The third-order valence-corrected chi connectivity index (χ3v) is 3.73. The Hall–Kier alpha value is -1.41. The van der Waals surface area contributed by atoms with Crippen LogP contribution in [0.1, 0.15) is 34.4 Å². The summed E-state index contributed by atoms with van der Waals surface area (Å²) in [5.74, 6) is 0. The molecule has 0 atom stereocenters. The van der Waals surface area contributed by atoms with Gasteiger partial charge >= 0.3 is 0 Å². The van der Waals surface area contributed by atoms with Crippen molar-refractivity contribution in [2.75, 3.05) is 0 Å². The molecule has 17 heavy (non-hydrogen) atoms. The van der Waals surface area contributed by atoms with Crippen molar-refractivity contribution in [3.8, 4) is 0 Å². The maximum atomic E-state index is 9.65. The Balaban J connectivity index is 2.45. The van der Waals surface area contributed by atoms with E-state index < -0.39 is 0 Å². The molecule has 2 nitrogen and oxygen atoms in total. The second-order valence-corrected chi connectivity index (χ2v) is 5.01. The summed E-state index contributed by atoms with van der Waals surface area (Å²) in [5, 5.41) is 10.8. The molecule has 88 valence electrons. The Labute approximate surface area is 101 Å². The quantitative estimate of drug-likeness (QED) is 0.812. The van der Waals surface area contributed by atoms with Gasteiger partial charge in [0, 0.05) is 11.1 Å². The van der Waals surface area contributed by atoms with Crippen molar-refractivity contribution in [3.63, 3.8) is 0 Å². The number of nitrogens with zero attached hydrogens (tertiary/aromatic N) is 1. The van der Waals surface area contributed by atoms with Crippen molar-refractivity contribution in [3.05, 3.63) is 40.1 Å². The minimum absolute atomic E-state index is 0.129. The minimum atomic E-state index is 0.129. The summed E-state index contributed by atoms with van der Waals surface area (Å²) in [4.78, 5) is 4.79. The smallest absolute Gasteiger partial charge is 0.0738 e. The monoisotopic (exact) mass is 227 g/mol. The zero-order valence-electron chi connectivity index (χ0n) is 10.4. The number of pyridine rings is 1. The summed E-state index contributed by atoms with van der Waals surface area (Å²) in [6.45, 7) is 4.33. The lowest BCUT2D eigenvalue weighted by molar-refractivity contribution is 0.282. The van der Waals surface area contributed by atoms with Crippen LogP contribution in [0.25, 0.3) is 10.9 Å². The number of fused-ring (bicyclic) bond motifs is 2. The molecule has 0 radical (unpaired) electrons. The van der Waals surface area contributed by atoms with Gasteiger partial charge in [-0.15, -0.1) is 0 Å². The summed E-state index contributed by atoms with van der Waals surface area (Å²) in [6, 6.07) is 4.32. The number of aliphatic hydroxyl groups excluding tert-OH is 1. The van der Waals surface area contributed by atoms with Crippen molar-refractivity contribution >= 4 is 10.9 Å². The summed E-state index contributed by atoms with van der Waals surface area (Å²) in [5.41, 5.74) is 7.13. The molecule has 1 aliphatic rings. The summed E-state index contributed by atoms with van der Waals surface area (Å²) in [7, 11) is 0. The van der Waals surface area contributed by atoms with Crippen LogP contribution in [0, 0.1) is 13.8 Å². The van der Waals surface area contributed by atoms with E-state index in [1.165, 1.54) is 28.8 Å². The summed E-state index contributed by atoms with van der Waals surface area (Å²) < 4.78 is 0. The van der Waals surface area contributed by atoms with Gasteiger partial charge < -0.3 is 5.11 Å². The Morgan fingerprint density at radius 2 is 2.06 bits per heavy atom. The zero-order valence-corrected chi connectivity index (χ0v) is 10.4. The number of aryl methyl sites for hydroxylation is 3. The maximum absolute atomic E-state index is 9.65. The number of hydrogen-bond donors (Lipinski definition) is 1. The maximum Gasteiger partial charge on any atom is 0.0738 e. The predicted octanol–water partition coefficient (Wildman–Crippen LogP) is 2.83. The normalized spacial score (nSPS) is 14.3. The van der Waals surface area contributed by atoms with Crippen molar-refractivity contribution < 1.29 is 5.11 Å². The number of hydrogen-bond acceptors (Lipinski definition) is 2. The standard InChI is InChI=1S/C15H17NO/c1-9-6-10(2)15-12(7-9)13(8-17)11-4-3-5-14(11)16-15/h6-7,17H,3-5,8H2,1-2H3. The van der Waals surface area contributed by atoms with Crippen molar-refractivity contribution in [1.82, 2.24) is 4.98 Å². The first kappa shape index (κ1) is 10.7. The molecule has 3 rings (SSSR count). The van der Waals surface area contributed by atoms with Crippen molar-refractivity contribution in [2.24, 2.45) is 0 Å². The van der Waals surface area contributed by atoms with Gasteiger partial charge in [0.1, 0.15) is 0 Å². The third-order valence-electron chi connectivity index (χ3n) is 3.73. The minimum Gasteiger partial charge on any atom is -0.392 e. The molecule has 1 N–H and O–H groups in total. The SMILES string of the molecule is Cc1cc(C)c2nc3c(c(CO)c2c1)CCC3. The molecule has 0 unspecified atom stereocenters. The fourth-order valence-electron chi connectivity index (χ4n) is 2.99. The Bertz CT molecular complexity index is 602. The largest absolute Gasteiger partial charge is 0.392 e. The molecular weight excluding hydrogens is 210 g/mol. The van der Waals surface area contributed by atoms with Gasteiger partial charge in [-0.2, -0.15) is 0 Å². The van der Waals surface area contributed by atoms with Crippen LogP contribution in [0.3, 0.4) is 0 Å². The third kappa shape index (κ3) is 1.55. The number of rotatable bonds is 1. The first-order valence-corrected chi connectivity index (χ1v) is 6.23. The molecule has 2 aromatic rings. The van der Waals surface area contributed by atoms with E-state index in [-0.39, 0.29) is 6.61 Å². The molecule has 0 fully saturated rings. The van der Waals surface area contributed by atoms with Crippen molar-refractivity contribution in [2.45, 2.75) is 39.7 Å². The molecule has 1 aromatic heterocycles. The Morgan fingerprint density at radius 3 is 2.82 bits per heavy atom. The van der Waals surface area contributed by atoms with Gasteiger partial charge in [-0.3, -0.25) is 4.98 Å². The second-order valence-electron chi connectivity index (χ2n) is 5.01. The lowest BCUT2D eigenvalue weighted by Crippen LogP contribution is -2.00. The van der Waals surface area contributed by atoms with Crippen LogP contribution in [0.4, 0.5) is 0 Å². The lowest BCUT2D eigenvalue weighted by atomic mass is 9.98. The van der Waals surface area contributed by atoms with Gasteiger partial charge in [0.2, 0.25) is 0 Å². The summed E-state index contributed by atoms with van der Waals surface area (Å²) >= 11 is 0. The Morgan fingerprint density at radius 1 is 1.24 bits per heavy atom. The fraction of sp³-hybridized carbons (Fsp3) is 0.400. The van der Waals surface area contributed by atoms with Gasteiger partial charge in [-0.1, -0.05) is 11.6 Å². The molecular formula is C15H17NO. The molecule has 2 heteroatoms. The fourth-order valence-corrected chi connectivity index (χ4v) is 2.99. The molecule has 0 aliphatic heterocycles. The molecule has 0 amide bonds. The molecule has 0 saturated carbocycles. The number of aliphatic hydroxyl groups is 1. The topological polar surface area (TPSA) is 33.1 Å². The van der Waals surface area contributed by atoms with Crippen LogP contribution in [0.5, 0.6) is 0 Å². The van der Waals surface area contributed by atoms with Crippen molar-refractivity contribution in [1.29, 1.82) is 0 Å². The zero-order chi connectivity index (χ0) is 12.0. The van der Waals surface area contributed by atoms with E-state index in [1.807, 2.05) is 0 Å². The molecule has 0 spiro atoms. The van der Waals surface area contributed by atoms with Crippen LogP contribution in [0.15, 0.2) is 12.1 Å². The van der Waals surface area contributed by atoms with E-state index in [1.54, 1.807) is 0 Å². The first-order chi connectivity index (χ1) is 8.20. The van der Waals surface area contributed by atoms with E-state index >= 15 is 0 Å². The van der Waals surface area contributed by atoms with E-state index in [0.717, 1.165) is 29.3 Å². The molecule has 1 aromatic carbocycles. The van der Waals surface area contributed by atoms with Crippen LogP contribution in [0.2, 0.25) is 0 Å². The van der Waals surface area contributed by atoms with Crippen LogP contribution < -0.4 is 0 Å². The average Bonchev–Trinajstić information content (AvgIpc) is 2.74. The van der Waals surface area contributed by atoms with Gasteiger partial charge in [-0.05, 0) is 55.9 Å².